The maximum atomic E-state index is 10.8. The van der Waals surface area contributed by atoms with E-state index in [1.54, 1.807) is 18.2 Å². The molecule has 3 heteroatoms. The maximum absolute atomic E-state index is 10.8. The zero-order chi connectivity index (χ0) is 15.6. The first kappa shape index (κ1) is 13.5. The number of carbonyl (C=O) groups is 1. The topological polar surface area (TPSA) is 43.1 Å². The molecule has 0 amide bonds. The Balaban J connectivity index is 1.72. The lowest BCUT2D eigenvalue weighted by molar-refractivity contribution is 0.112. The molecule has 0 radical (unpaired) electrons. The molecule has 0 atom stereocenters. The molecule has 0 spiro atoms. The highest BCUT2D eigenvalue weighted by molar-refractivity contribution is 5.85. The quantitative estimate of drug-likeness (QED) is 0.501. The van der Waals surface area contributed by atoms with Crippen LogP contribution >= 0.6 is 0 Å². The Morgan fingerprint density at radius 1 is 0.783 bits per heavy atom. The van der Waals surface area contributed by atoms with Gasteiger partial charge in [0.15, 0.2) is 5.58 Å². The summed E-state index contributed by atoms with van der Waals surface area (Å²) in [6.07, 6.45) is 0.802. The van der Waals surface area contributed by atoms with Crippen LogP contribution in [0.25, 0.3) is 33.7 Å². The fourth-order valence-corrected chi connectivity index (χ4v) is 2.57. The smallest absolute Gasteiger partial charge is 0.227 e. The second-order valence-corrected chi connectivity index (χ2v) is 5.31. The van der Waals surface area contributed by atoms with Crippen LogP contribution in [0.5, 0.6) is 0 Å². The van der Waals surface area contributed by atoms with E-state index in [2.05, 4.69) is 29.2 Å². The van der Waals surface area contributed by atoms with Crippen molar-refractivity contribution < 1.29 is 9.21 Å². The Morgan fingerprint density at radius 3 is 2.22 bits per heavy atom. The van der Waals surface area contributed by atoms with Gasteiger partial charge in [-0.2, -0.15) is 0 Å². The van der Waals surface area contributed by atoms with E-state index in [-0.39, 0.29) is 0 Å². The van der Waals surface area contributed by atoms with Gasteiger partial charge in [-0.05, 0) is 41.5 Å². The Kier molecular flexibility index (Phi) is 3.24. The summed E-state index contributed by atoms with van der Waals surface area (Å²) in [5, 5.41) is 0. The molecule has 0 aliphatic carbocycles. The average Bonchev–Trinajstić information content (AvgIpc) is 3.05. The van der Waals surface area contributed by atoms with E-state index in [0.29, 0.717) is 17.0 Å². The van der Waals surface area contributed by atoms with Gasteiger partial charge in [-0.15, -0.1) is 0 Å². The number of aldehydes is 1. The molecular formula is C20H13NO2. The molecule has 0 aliphatic heterocycles. The maximum Gasteiger partial charge on any atom is 0.227 e. The Hall–Kier alpha value is -3.20. The minimum atomic E-state index is 0.558. The van der Waals surface area contributed by atoms with Crippen LogP contribution in [0, 0.1) is 0 Å². The number of nitrogens with zero attached hydrogens (tertiary/aromatic N) is 1. The molecule has 3 nitrogen and oxygen atoms in total. The van der Waals surface area contributed by atoms with Gasteiger partial charge >= 0.3 is 0 Å². The lowest BCUT2D eigenvalue weighted by atomic mass is 10.0. The van der Waals surface area contributed by atoms with E-state index in [9.17, 15) is 4.79 Å². The van der Waals surface area contributed by atoms with Gasteiger partial charge in [-0.25, -0.2) is 4.98 Å². The third kappa shape index (κ3) is 2.53. The zero-order valence-corrected chi connectivity index (χ0v) is 12.3. The van der Waals surface area contributed by atoms with Gasteiger partial charge in [0.1, 0.15) is 11.8 Å². The summed E-state index contributed by atoms with van der Waals surface area (Å²) < 4.78 is 5.77. The van der Waals surface area contributed by atoms with Crippen LogP contribution in [0.2, 0.25) is 0 Å². The van der Waals surface area contributed by atoms with Gasteiger partial charge in [-0.3, -0.25) is 4.79 Å². The van der Waals surface area contributed by atoms with E-state index in [1.807, 2.05) is 30.3 Å². The van der Waals surface area contributed by atoms with Crippen LogP contribution in [-0.4, -0.2) is 11.3 Å². The van der Waals surface area contributed by atoms with Crippen LogP contribution < -0.4 is 0 Å². The predicted octanol–water partition coefficient (Wildman–Crippen LogP) is 4.97. The summed E-state index contributed by atoms with van der Waals surface area (Å²) >= 11 is 0. The molecule has 23 heavy (non-hydrogen) atoms. The Bertz CT molecular complexity index is 970. The molecule has 3 aromatic carbocycles. The summed E-state index contributed by atoms with van der Waals surface area (Å²) in [6.45, 7) is 0. The molecule has 0 saturated carbocycles. The third-order valence-corrected chi connectivity index (χ3v) is 3.79. The molecule has 1 heterocycles. The number of fused-ring (bicyclic) bond motifs is 1. The monoisotopic (exact) mass is 299 g/mol. The highest BCUT2D eigenvalue weighted by atomic mass is 16.3. The molecule has 4 rings (SSSR count). The number of hydrogen-bond acceptors (Lipinski definition) is 3. The average molecular weight is 299 g/mol. The van der Waals surface area contributed by atoms with Crippen molar-refractivity contribution in [3.05, 3.63) is 78.4 Å². The first-order valence-electron chi connectivity index (χ1n) is 7.35. The number of benzene rings is 3. The normalized spacial score (nSPS) is 10.8. The number of rotatable bonds is 3. The van der Waals surface area contributed by atoms with Crippen LogP contribution in [-0.2, 0) is 0 Å². The molecule has 1 aromatic heterocycles. The van der Waals surface area contributed by atoms with Crippen LogP contribution in [0.15, 0.2) is 77.2 Å². The lowest BCUT2D eigenvalue weighted by Gasteiger charge is -2.02. The van der Waals surface area contributed by atoms with Gasteiger partial charge < -0.3 is 4.42 Å². The summed E-state index contributed by atoms with van der Waals surface area (Å²) in [7, 11) is 0. The van der Waals surface area contributed by atoms with Crippen molar-refractivity contribution in [2.45, 2.75) is 0 Å². The van der Waals surface area contributed by atoms with E-state index < -0.39 is 0 Å². The predicted molar refractivity (Wildman–Crippen MR) is 90.3 cm³/mol. The molecule has 4 aromatic rings. The van der Waals surface area contributed by atoms with Gasteiger partial charge in [0.2, 0.25) is 5.89 Å². The largest absolute Gasteiger partial charge is 0.436 e. The zero-order valence-electron chi connectivity index (χ0n) is 12.3. The van der Waals surface area contributed by atoms with Crippen molar-refractivity contribution in [1.29, 1.82) is 0 Å². The second kappa shape index (κ2) is 5.54. The van der Waals surface area contributed by atoms with E-state index in [1.165, 1.54) is 5.56 Å². The van der Waals surface area contributed by atoms with Crippen molar-refractivity contribution in [2.75, 3.05) is 0 Å². The van der Waals surface area contributed by atoms with Crippen molar-refractivity contribution in [2.24, 2.45) is 0 Å². The van der Waals surface area contributed by atoms with Gasteiger partial charge in [0.25, 0.3) is 0 Å². The number of oxazole rings is 1. The molecular weight excluding hydrogens is 286 g/mol. The molecule has 0 fully saturated rings. The second-order valence-electron chi connectivity index (χ2n) is 5.31. The Labute approximate surface area is 133 Å². The van der Waals surface area contributed by atoms with Crippen molar-refractivity contribution in [3.8, 4) is 22.6 Å². The van der Waals surface area contributed by atoms with Crippen LogP contribution in [0.4, 0.5) is 0 Å². The minimum absolute atomic E-state index is 0.558. The standard InChI is InChI=1S/C20H13NO2/c22-13-14-6-11-18-19(12-14)23-20(21-18)17-9-7-16(8-10-17)15-4-2-1-3-5-15/h1-13H. The number of aromatic nitrogens is 1. The van der Waals surface area contributed by atoms with Crippen LogP contribution in [0.1, 0.15) is 10.4 Å². The summed E-state index contributed by atoms with van der Waals surface area (Å²) in [5.41, 5.74) is 5.18. The third-order valence-electron chi connectivity index (χ3n) is 3.79. The van der Waals surface area contributed by atoms with E-state index in [0.717, 1.165) is 22.9 Å². The van der Waals surface area contributed by atoms with E-state index >= 15 is 0 Å². The van der Waals surface area contributed by atoms with E-state index in [4.69, 9.17) is 4.42 Å². The van der Waals surface area contributed by atoms with Crippen molar-refractivity contribution in [1.82, 2.24) is 4.98 Å². The molecule has 0 saturated heterocycles. The summed E-state index contributed by atoms with van der Waals surface area (Å²) in [6, 6.07) is 23.5. The number of hydrogen-bond donors (Lipinski definition) is 0. The molecule has 110 valence electrons. The van der Waals surface area contributed by atoms with Crippen molar-refractivity contribution >= 4 is 17.4 Å². The SMILES string of the molecule is O=Cc1ccc2nc(-c3ccc(-c4ccccc4)cc3)oc2c1. The molecule has 0 aliphatic rings. The minimum Gasteiger partial charge on any atom is -0.436 e. The lowest BCUT2D eigenvalue weighted by Crippen LogP contribution is -1.80. The fraction of sp³-hybridized carbons (Fsp3) is 0. The van der Waals surface area contributed by atoms with Crippen LogP contribution in [0.3, 0.4) is 0 Å². The Morgan fingerprint density at radius 2 is 1.48 bits per heavy atom. The molecule has 0 bridgehead atoms. The molecule has 0 unspecified atom stereocenters. The first-order valence-corrected chi connectivity index (χ1v) is 7.35. The summed E-state index contributed by atoms with van der Waals surface area (Å²) in [4.78, 5) is 15.3. The molecule has 0 N–H and O–H groups in total. The highest BCUT2D eigenvalue weighted by Crippen LogP contribution is 2.27. The first-order chi connectivity index (χ1) is 11.3. The van der Waals surface area contributed by atoms with Crippen molar-refractivity contribution in [3.63, 3.8) is 0 Å². The summed E-state index contributed by atoms with van der Waals surface area (Å²) in [5.74, 6) is 0.558. The van der Waals surface area contributed by atoms with Gasteiger partial charge in [0, 0.05) is 11.1 Å². The number of carbonyl (C=O) groups excluding carboxylic acids is 1. The highest BCUT2D eigenvalue weighted by Gasteiger charge is 2.09. The fourth-order valence-electron chi connectivity index (χ4n) is 2.57. The van der Waals surface area contributed by atoms with Gasteiger partial charge in [-0.1, -0.05) is 42.5 Å². The van der Waals surface area contributed by atoms with Gasteiger partial charge in [0.05, 0.1) is 0 Å².